The molecule has 0 saturated carbocycles. The minimum Gasteiger partial charge on any atom is -0.800 e. The first-order valence-corrected chi connectivity index (χ1v) is 9.58. The molecular weight excluding hydrogens is 334 g/mol. The lowest BCUT2D eigenvalue weighted by Gasteiger charge is -2.63. The normalized spacial score (nSPS) is 19.9. The smallest absolute Gasteiger partial charge is 0.408 e. The number of alkyl carbamates (subject to hydrolysis) is 1. The molecule has 1 fully saturated rings. The topological polar surface area (TPSA) is 122 Å². The van der Waals surface area contributed by atoms with Crippen molar-refractivity contribution in [3.05, 3.63) is 35.9 Å². The van der Waals surface area contributed by atoms with Crippen LogP contribution in [0, 0.1) is 5.92 Å². The standard InChI is InChI=1S/C16H23NO6S/c18-15(19)14(10-12-6-8-24(21,22)9-7-12)17-16(20)23-11-13-4-2-1-3-5-13/h1-5,12,14,21-22H,6-11H2,(H,17,20)(H,18,19)/p-2. The molecule has 1 aliphatic heterocycles. The maximum absolute atomic E-state index is 11.8. The van der Waals surface area contributed by atoms with E-state index < -0.39 is 28.7 Å². The van der Waals surface area contributed by atoms with Crippen molar-refractivity contribution in [3.63, 3.8) is 0 Å². The molecule has 1 aromatic rings. The largest absolute Gasteiger partial charge is 0.800 e. The van der Waals surface area contributed by atoms with Gasteiger partial charge in [0.05, 0.1) is 0 Å². The molecule has 2 rings (SSSR count). The van der Waals surface area contributed by atoms with Crippen LogP contribution in [0.2, 0.25) is 0 Å². The second-order valence-corrected chi connectivity index (χ2v) is 8.23. The average Bonchev–Trinajstić information content (AvgIpc) is 2.55. The predicted molar refractivity (Wildman–Crippen MR) is 87.4 cm³/mol. The fourth-order valence-electron chi connectivity index (χ4n) is 2.64. The number of carboxylic acids is 1. The van der Waals surface area contributed by atoms with E-state index >= 15 is 0 Å². The molecule has 1 aromatic carbocycles. The highest BCUT2D eigenvalue weighted by Crippen LogP contribution is 2.46. The highest BCUT2D eigenvalue weighted by Gasteiger charge is 2.26. The number of amides is 1. The first kappa shape index (κ1) is 18.6. The average molecular weight is 355 g/mol. The zero-order valence-electron chi connectivity index (χ0n) is 13.2. The molecular formula is C16H21NO6S-2. The molecule has 24 heavy (non-hydrogen) atoms. The summed E-state index contributed by atoms with van der Waals surface area (Å²) in [5.74, 6) is -1.05. The van der Waals surface area contributed by atoms with Crippen LogP contribution in [-0.2, 0) is 16.1 Å². The molecule has 8 heteroatoms. The van der Waals surface area contributed by atoms with Crippen molar-refractivity contribution in [1.29, 1.82) is 0 Å². The SMILES string of the molecule is O=C(NC(CC1CCS([O-])([O-])CC1)C(=O)O)OCc1ccccc1. The number of sulfone groups is 1. The molecule has 1 heterocycles. The summed E-state index contributed by atoms with van der Waals surface area (Å²) in [6, 6.07) is 7.98. The lowest BCUT2D eigenvalue weighted by molar-refractivity contribution is -0.139. The second kappa shape index (κ2) is 8.36. The van der Waals surface area contributed by atoms with Crippen LogP contribution in [0.15, 0.2) is 30.3 Å². The van der Waals surface area contributed by atoms with Crippen LogP contribution in [-0.4, -0.2) is 43.8 Å². The molecule has 0 aliphatic carbocycles. The van der Waals surface area contributed by atoms with Gasteiger partial charge in [-0.3, -0.25) is 0 Å². The van der Waals surface area contributed by atoms with Crippen LogP contribution < -0.4 is 5.32 Å². The van der Waals surface area contributed by atoms with E-state index in [0.29, 0.717) is 12.8 Å². The van der Waals surface area contributed by atoms with E-state index in [1.54, 1.807) is 12.1 Å². The van der Waals surface area contributed by atoms with Crippen LogP contribution >= 0.6 is 10.6 Å². The number of hydrogen-bond acceptors (Lipinski definition) is 5. The highest BCUT2D eigenvalue weighted by atomic mass is 32.3. The van der Waals surface area contributed by atoms with Crippen molar-refractivity contribution in [2.75, 3.05) is 11.5 Å². The van der Waals surface area contributed by atoms with Gasteiger partial charge in [-0.15, -0.1) is 0 Å². The van der Waals surface area contributed by atoms with Gasteiger partial charge in [-0.2, -0.15) is 0 Å². The third-order valence-corrected chi connectivity index (χ3v) is 5.76. The van der Waals surface area contributed by atoms with Crippen LogP contribution in [0.5, 0.6) is 0 Å². The number of aliphatic carboxylic acids is 1. The van der Waals surface area contributed by atoms with Gasteiger partial charge in [0.1, 0.15) is 12.6 Å². The monoisotopic (exact) mass is 355 g/mol. The number of hydrogen-bond donors (Lipinski definition) is 2. The highest BCUT2D eigenvalue weighted by molar-refractivity contribution is 8.24. The van der Waals surface area contributed by atoms with Gasteiger partial charge in [0, 0.05) is 0 Å². The van der Waals surface area contributed by atoms with Crippen LogP contribution in [0.25, 0.3) is 0 Å². The van der Waals surface area contributed by atoms with Gasteiger partial charge in [0.15, 0.2) is 0 Å². The van der Waals surface area contributed by atoms with Crippen molar-refractivity contribution >= 4 is 22.7 Å². The Morgan fingerprint density at radius 3 is 2.46 bits per heavy atom. The number of carbonyl (C=O) groups excluding carboxylic acids is 1. The Morgan fingerprint density at radius 1 is 1.25 bits per heavy atom. The Morgan fingerprint density at radius 2 is 1.88 bits per heavy atom. The van der Waals surface area contributed by atoms with E-state index in [1.807, 2.05) is 18.2 Å². The summed E-state index contributed by atoms with van der Waals surface area (Å²) in [5.41, 5.74) is 0.803. The van der Waals surface area contributed by atoms with E-state index in [0.717, 1.165) is 5.56 Å². The minimum atomic E-state index is -2.99. The first-order valence-electron chi connectivity index (χ1n) is 7.76. The van der Waals surface area contributed by atoms with E-state index in [-0.39, 0.29) is 30.5 Å². The molecule has 2 N–H and O–H groups in total. The van der Waals surface area contributed by atoms with E-state index in [9.17, 15) is 23.8 Å². The van der Waals surface area contributed by atoms with Crippen LogP contribution in [0.1, 0.15) is 24.8 Å². The van der Waals surface area contributed by atoms with Gasteiger partial charge >= 0.3 is 12.1 Å². The number of carboxylic acid groups (broad SMARTS) is 1. The second-order valence-electron chi connectivity index (χ2n) is 5.93. The summed E-state index contributed by atoms with van der Waals surface area (Å²) in [7, 11) is -2.99. The fraction of sp³-hybridized carbons (Fsp3) is 0.500. The predicted octanol–water partition coefficient (Wildman–Crippen LogP) is 2.23. The van der Waals surface area contributed by atoms with Crippen molar-refractivity contribution in [2.45, 2.75) is 31.9 Å². The summed E-state index contributed by atoms with van der Waals surface area (Å²) < 4.78 is 27.8. The number of carbonyl (C=O) groups is 2. The van der Waals surface area contributed by atoms with Gasteiger partial charge in [0.2, 0.25) is 0 Å². The number of rotatable bonds is 6. The zero-order chi connectivity index (χ0) is 17.6. The molecule has 134 valence electrons. The molecule has 7 nitrogen and oxygen atoms in total. The number of ether oxygens (including phenoxy) is 1. The zero-order valence-corrected chi connectivity index (χ0v) is 14.0. The molecule has 0 radical (unpaired) electrons. The van der Waals surface area contributed by atoms with Gasteiger partial charge in [-0.1, -0.05) is 30.3 Å². The molecule has 1 amide bonds. The lowest BCUT2D eigenvalue weighted by atomic mass is 9.94. The molecule has 0 bridgehead atoms. The third-order valence-electron chi connectivity index (χ3n) is 4.05. The van der Waals surface area contributed by atoms with E-state index in [4.69, 9.17) is 4.74 Å². The molecule has 1 saturated heterocycles. The van der Waals surface area contributed by atoms with Crippen molar-refractivity contribution in [2.24, 2.45) is 5.92 Å². The number of benzene rings is 1. The van der Waals surface area contributed by atoms with Crippen molar-refractivity contribution in [3.8, 4) is 0 Å². The van der Waals surface area contributed by atoms with Gasteiger partial charge < -0.3 is 34.9 Å². The van der Waals surface area contributed by atoms with E-state index in [1.165, 1.54) is 0 Å². The van der Waals surface area contributed by atoms with Crippen LogP contribution in [0.4, 0.5) is 4.79 Å². The molecule has 0 aromatic heterocycles. The summed E-state index contributed by atoms with van der Waals surface area (Å²) in [6.45, 7) is 0.0562. The fourth-order valence-corrected chi connectivity index (χ4v) is 4.23. The maximum Gasteiger partial charge on any atom is 0.408 e. The Hall–Kier alpha value is -1.77. The first-order chi connectivity index (χ1) is 11.4. The van der Waals surface area contributed by atoms with E-state index in [2.05, 4.69) is 5.32 Å². The Balaban J connectivity index is 1.80. The quantitative estimate of drug-likeness (QED) is 0.807. The van der Waals surface area contributed by atoms with Crippen molar-refractivity contribution in [1.82, 2.24) is 5.32 Å². The van der Waals surface area contributed by atoms with Crippen molar-refractivity contribution < 1.29 is 28.5 Å². The Kier molecular flexibility index (Phi) is 6.47. The molecule has 0 spiro atoms. The summed E-state index contributed by atoms with van der Waals surface area (Å²) in [6.07, 6.45) is 0.250. The minimum absolute atomic E-state index is 0.0379. The number of nitrogens with one attached hydrogen (secondary N) is 1. The maximum atomic E-state index is 11.8. The van der Waals surface area contributed by atoms with Gasteiger partial charge in [-0.25, -0.2) is 9.59 Å². The van der Waals surface area contributed by atoms with Gasteiger partial charge in [-0.05, 0) is 42.2 Å². The lowest BCUT2D eigenvalue weighted by Crippen LogP contribution is -2.43. The summed E-state index contributed by atoms with van der Waals surface area (Å²) in [4.78, 5) is 23.1. The molecule has 1 atom stereocenters. The third kappa shape index (κ3) is 6.03. The Bertz CT molecular complexity index is 555. The molecule has 1 unspecified atom stereocenters. The molecule has 1 aliphatic rings. The summed E-state index contributed by atoms with van der Waals surface area (Å²) >= 11 is 0. The summed E-state index contributed by atoms with van der Waals surface area (Å²) in [5, 5.41) is 11.6. The van der Waals surface area contributed by atoms with Crippen LogP contribution in [0.3, 0.4) is 0 Å². The van der Waals surface area contributed by atoms with Gasteiger partial charge in [0.25, 0.3) is 0 Å². The Labute approximate surface area is 142 Å².